The summed E-state index contributed by atoms with van der Waals surface area (Å²) in [7, 11) is 0. The number of benzene rings is 1. The molecule has 1 saturated carbocycles. The Kier molecular flexibility index (Phi) is 2.66. The molecule has 2 fully saturated rings. The number of aliphatic carboxylic acids is 1. The second-order valence-corrected chi connectivity index (χ2v) is 4.92. The van der Waals surface area contributed by atoms with Crippen molar-refractivity contribution < 1.29 is 19.1 Å². The van der Waals surface area contributed by atoms with Crippen LogP contribution >= 0.6 is 0 Å². The number of carbonyl (C=O) groups is 2. The second-order valence-electron chi connectivity index (χ2n) is 4.92. The Labute approximate surface area is 109 Å². The van der Waals surface area contributed by atoms with Gasteiger partial charge in [-0.25, -0.2) is 9.18 Å². The van der Waals surface area contributed by atoms with E-state index in [1.165, 1.54) is 11.0 Å². The lowest BCUT2D eigenvalue weighted by atomic mass is 10.1. The SMILES string of the molecule is O=C(O)C1CC1N1CC(c2ccccc2F)NC1=O. The van der Waals surface area contributed by atoms with E-state index in [0.717, 1.165) is 0 Å². The third kappa shape index (κ3) is 2.03. The van der Waals surface area contributed by atoms with Gasteiger partial charge >= 0.3 is 12.0 Å². The summed E-state index contributed by atoms with van der Waals surface area (Å²) in [6, 6.07) is 5.30. The van der Waals surface area contributed by atoms with Crippen LogP contribution in [0, 0.1) is 11.7 Å². The van der Waals surface area contributed by atoms with Crippen LogP contribution in [0.2, 0.25) is 0 Å². The smallest absolute Gasteiger partial charge is 0.318 e. The molecule has 3 unspecified atom stereocenters. The van der Waals surface area contributed by atoms with E-state index in [4.69, 9.17) is 5.11 Å². The van der Waals surface area contributed by atoms with Crippen molar-refractivity contribution in [3.05, 3.63) is 35.6 Å². The molecule has 0 bridgehead atoms. The van der Waals surface area contributed by atoms with Gasteiger partial charge in [0.25, 0.3) is 0 Å². The zero-order chi connectivity index (χ0) is 13.6. The first kappa shape index (κ1) is 12.0. The Hall–Kier alpha value is -2.11. The average molecular weight is 264 g/mol. The van der Waals surface area contributed by atoms with Crippen molar-refractivity contribution in [3.63, 3.8) is 0 Å². The van der Waals surface area contributed by atoms with Crippen LogP contribution in [0.5, 0.6) is 0 Å². The fraction of sp³-hybridized carbons (Fsp3) is 0.385. The molecule has 0 aromatic heterocycles. The third-order valence-electron chi connectivity index (χ3n) is 3.69. The number of carboxylic acid groups (broad SMARTS) is 1. The highest BCUT2D eigenvalue weighted by Crippen LogP contribution is 2.39. The number of carbonyl (C=O) groups excluding carboxylic acids is 1. The number of urea groups is 1. The molecule has 1 aliphatic heterocycles. The van der Waals surface area contributed by atoms with Gasteiger partial charge in [0.15, 0.2) is 0 Å². The maximum absolute atomic E-state index is 13.7. The molecule has 1 heterocycles. The van der Waals surface area contributed by atoms with Gasteiger partial charge in [-0.15, -0.1) is 0 Å². The average Bonchev–Trinajstić information content (AvgIpc) is 3.08. The number of carboxylic acids is 1. The van der Waals surface area contributed by atoms with Crippen LogP contribution in [-0.4, -0.2) is 34.6 Å². The van der Waals surface area contributed by atoms with Crippen molar-refractivity contribution in [1.82, 2.24) is 10.2 Å². The minimum Gasteiger partial charge on any atom is -0.481 e. The van der Waals surface area contributed by atoms with Gasteiger partial charge in [-0.05, 0) is 12.5 Å². The second kappa shape index (κ2) is 4.22. The largest absolute Gasteiger partial charge is 0.481 e. The molecular formula is C13H13FN2O3. The highest BCUT2D eigenvalue weighted by atomic mass is 19.1. The van der Waals surface area contributed by atoms with E-state index in [2.05, 4.69) is 5.32 Å². The van der Waals surface area contributed by atoms with E-state index >= 15 is 0 Å². The molecule has 19 heavy (non-hydrogen) atoms. The minimum atomic E-state index is -0.882. The van der Waals surface area contributed by atoms with Gasteiger partial charge in [-0.1, -0.05) is 18.2 Å². The van der Waals surface area contributed by atoms with Crippen LogP contribution < -0.4 is 5.32 Å². The van der Waals surface area contributed by atoms with Crippen molar-refractivity contribution in [1.29, 1.82) is 0 Å². The number of nitrogens with zero attached hydrogens (tertiary/aromatic N) is 1. The van der Waals surface area contributed by atoms with Crippen molar-refractivity contribution in [3.8, 4) is 0 Å². The van der Waals surface area contributed by atoms with Crippen molar-refractivity contribution in [2.24, 2.45) is 5.92 Å². The van der Waals surface area contributed by atoms with Crippen molar-refractivity contribution in [2.45, 2.75) is 18.5 Å². The molecule has 6 heteroatoms. The number of rotatable bonds is 3. The summed E-state index contributed by atoms with van der Waals surface area (Å²) in [6.45, 7) is 0.314. The Morgan fingerprint density at radius 2 is 2.16 bits per heavy atom. The fourth-order valence-electron chi connectivity index (χ4n) is 2.57. The minimum absolute atomic E-state index is 0.255. The van der Waals surface area contributed by atoms with Gasteiger partial charge in [0.05, 0.1) is 12.0 Å². The molecular weight excluding hydrogens is 251 g/mol. The van der Waals surface area contributed by atoms with Crippen LogP contribution in [0.15, 0.2) is 24.3 Å². The molecule has 3 atom stereocenters. The molecule has 100 valence electrons. The van der Waals surface area contributed by atoms with E-state index in [9.17, 15) is 14.0 Å². The van der Waals surface area contributed by atoms with Gasteiger partial charge in [0, 0.05) is 18.2 Å². The molecule has 2 N–H and O–H groups in total. The number of hydrogen-bond acceptors (Lipinski definition) is 2. The first-order chi connectivity index (χ1) is 9.08. The molecule has 2 aliphatic rings. The maximum atomic E-state index is 13.7. The lowest BCUT2D eigenvalue weighted by Crippen LogP contribution is -2.32. The number of hydrogen-bond donors (Lipinski definition) is 2. The van der Waals surface area contributed by atoms with Gasteiger partial charge in [0.1, 0.15) is 5.82 Å². The van der Waals surface area contributed by atoms with E-state index < -0.39 is 17.9 Å². The van der Waals surface area contributed by atoms with Crippen LogP contribution in [0.1, 0.15) is 18.0 Å². The molecule has 0 radical (unpaired) electrons. The first-order valence-electron chi connectivity index (χ1n) is 6.12. The fourth-order valence-corrected chi connectivity index (χ4v) is 2.57. The number of nitrogens with one attached hydrogen (secondary N) is 1. The van der Waals surface area contributed by atoms with Crippen LogP contribution in [0.3, 0.4) is 0 Å². The lowest BCUT2D eigenvalue weighted by Gasteiger charge is -2.14. The lowest BCUT2D eigenvalue weighted by molar-refractivity contribution is -0.138. The quantitative estimate of drug-likeness (QED) is 0.866. The Morgan fingerprint density at radius 3 is 2.79 bits per heavy atom. The summed E-state index contributed by atoms with van der Waals surface area (Å²) in [5.74, 6) is -1.72. The summed E-state index contributed by atoms with van der Waals surface area (Å²) in [6.07, 6.45) is 0.479. The number of halogens is 1. The standard InChI is InChI=1S/C13H13FN2O3/c14-9-4-2-1-3-7(9)10-6-16(13(19)15-10)11-5-8(11)12(17)18/h1-4,8,10-11H,5-6H2,(H,15,19)(H,17,18). The molecule has 0 spiro atoms. The van der Waals surface area contributed by atoms with E-state index in [1.54, 1.807) is 18.2 Å². The van der Waals surface area contributed by atoms with E-state index in [1.807, 2.05) is 0 Å². The highest BCUT2D eigenvalue weighted by Gasteiger charge is 2.51. The molecule has 1 aromatic carbocycles. The Bertz CT molecular complexity index is 548. The summed E-state index contributed by atoms with van der Waals surface area (Å²) in [4.78, 5) is 24.1. The maximum Gasteiger partial charge on any atom is 0.318 e. The zero-order valence-electron chi connectivity index (χ0n) is 10.0. The molecule has 1 aromatic rings. The Morgan fingerprint density at radius 1 is 1.42 bits per heavy atom. The summed E-state index contributed by atoms with van der Waals surface area (Å²) in [5, 5.41) is 11.6. The van der Waals surface area contributed by atoms with Gasteiger partial charge in [0.2, 0.25) is 0 Å². The zero-order valence-corrected chi connectivity index (χ0v) is 10.0. The van der Waals surface area contributed by atoms with E-state index in [-0.39, 0.29) is 17.9 Å². The first-order valence-corrected chi connectivity index (χ1v) is 6.12. The van der Waals surface area contributed by atoms with Crippen molar-refractivity contribution in [2.75, 3.05) is 6.54 Å². The molecule has 3 rings (SSSR count). The van der Waals surface area contributed by atoms with Gasteiger partial charge in [-0.3, -0.25) is 4.79 Å². The van der Waals surface area contributed by atoms with Crippen molar-refractivity contribution >= 4 is 12.0 Å². The summed E-state index contributed by atoms with van der Waals surface area (Å²) >= 11 is 0. The molecule has 2 amide bonds. The summed E-state index contributed by atoms with van der Waals surface area (Å²) < 4.78 is 13.7. The highest BCUT2D eigenvalue weighted by molar-refractivity contribution is 5.81. The van der Waals surface area contributed by atoms with Gasteiger partial charge < -0.3 is 15.3 Å². The Balaban J connectivity index is 1.74. The summed E-state index contributed by atoms with van der Waals surface area (Å²) in [5.41, 5.74) is 0.436. The van der Waals surface area contributed by atoms with Crippen LogP contribution in [-0.2, 0) is 4.79 Å². The third-order valence-corrected chi connectivity index (χ3v) is 3.69. The predicted molar refractivity (Wildman–Crippen MR) is 63.9 cm³/mol. The monoisotopic (exact) mass is 264 g/mol. The molecule has 1 saturated heterocycles. The molecule has 5 nitrogen and oxygen atoms in total. The predicted octanol–water partition coefficient (Wildman–Crippen LogP) is 1.37. The number of amides is 2. The van der Waals surface area contributed by atoms with E-state index in [0.29, 0.717) is 18.5 Å². The molecule has 1 aliphatic carbocycles. The van der Waals surface area contributed by atoms with Crippen LogP contribution in [0.25, 0.3) is 0 Å². The normalized spacial score (nSPS) is 29.2. The van der Waals surface area contributed by atoms with Crippen LogP contribution in [0.4, 0.5) is 9.18 Å². The van der Waals surface area contributed by atoms with Gasteiger partial charge in [-0.2, -0.15) is 0 Å². The topological polar surface area (TPSA) is 69.6 Å².